The second kappa shape index (κ2) is 33.9. The van der Waals surface area contributed by atoms with Gasteiger partial charge in [0.1, 0.15) is 11.3 Å². The third kappa shape index (κ3) is 14.2. The molecule has 0 bridgehead atoms. The fourth-order valence-electron chi connectivity index (χ4n) is 19.6. The van der Waals surface area contributed by atoms with E-state index in [2.05, 4.69) is 344 Å². The summed E-state index contributed by atoms with van der Waals surface area (Å²) < 4.78 is 10.5. The predicted molar refractivity (Wildman–Crippen MR) is 551 cm³/mol. The average molecular weight is 1740 g/mol. The van der Waals surface area contributed by atoms with Crippen molar-refractivity contribution in [3.63, 3.8) is 0 Å². The number of hydrogen-bond donors (Lipinski definition) is 0. The SMILES string of the molecule is CC1(C)c2ccccc2-c2c(n(-c3cccc(-c4nc(-c5ccccc5)ccc4-c4ccccc4)c3)c3ccccc23)-c2ccccc21.c1ccc(-c2ccc3c(c2)-c2c(oc4ccccc24)-c2ccccc2N3c2nc(-c3ccccc3)nc(-c3ccccc3)n2)cc1.c1ccc(-c2nc(-c3ccccc3)nc(N3c4ccccc4-c4sc5ccccc5c4-c4ccccc43)n2)cc1. The zero-order chi connectivity index (χ0) is 89.2. The first kappa shape index (κ1) is 79.9. The van der Waals surface area contributed by atoms with Crippen LogP contribution in [-0.4, -0.2) is 39.5 Å². The lowest BCUT2D eigenvalue weighted by Gasteiger charge is -2.28. The van der Waals surface area contributed by atoms with Crippen LogP contribution in [0.15, 0.2) is 465 Å². The molecule has 1 aliphatic carbocycles. The second-order valence-electron chi connectivity index (χ2n) is 34.1. The van der Waals surface area contributed by atoms with Gasteiger partial charge in [0.2, 0.25) is 11.9 Å². The molecule has 11 nitrogen and oxygen atoms in total. The second-order valence-corrected chi connectivity index (χ2v) is 35.2. The highest BCUT2D eigenvalue weighted by Crippen LogP contribution is 2.59. The number of furan rings is 1. The normalized spacial score (nSPS) is 12.3. The molecule has 26 rings (SSSR count). The van der Waals surface area contributed by atoms with Gasteiger partial charge in [0.15, 0.2) is 23.3 Å². The van der Waals surface area contributed by atoms with Crippen molar-refractivity contribution < 1.29 is 4.42 Å². The number of rotatable bonds is 11. The molecule has 3 aliphatic rings. The summed E-state index contributed by atoms with van der Waals surface area (Å²) in [5.41, 5.74) is 33.8. The molecule has 0 saturated heterocycles. The number of anilines is 6. The van der Waals surface area contributed by atoms with E-state index in [0.29, 0.717) is 35.2 Å². The Hall–Kier alpha value is -17.5. The summed E-state index contributed by atoms with van der Waals surface area (Å²) in [5, 5.41) is 3.58. The van der Waals surface area contributed by atoms with Crippen molar-refractivity contribution in [2.45, 2.75) is 19.3 Å². The van der Waals surface area contributed by atoms with Crippen LogP contribution in [0.3, 0.4) is 0 Å². The Kier molecular flexibility index (Phi) is 20.2. The van der Waals surface area contributed by atoms with E-state index in [4.69, 9.17) is 39.3 Å². The number of aromatic nitrogens is 8. The van der Waals surface area contributed by atoms with Crippen LogP contribution in [0.5, 0.6) is 0 Å². The Morgan fingerprint density at radius 3 is 1.28 bits per heavy atom. The quantitative estimate of drug-likeness (QED) is 0.124. The number of fused-ring (bicyclic) bond motifs is 21. The van der Waals surface area contributed by atoms with Crippen molar-refractivity contribution in [1.29, 1.82) is 0 Å². The van der Waals surface area contributed by atoms with Crippen LogP contribution in [0.1, 0.15) is 25.0 Å². The molecule has 6 aromatic heterocycles. The third-order valence-corrected chi connectivity index (χ3v) is 27.0. The highest BCUT2D eigenvalue weighted by atomic mass is 32.1. The Bertz CT molecular complexity index is 8300. The van der Waals surface area contributed by atoms with Crippen molar-refractivity contribution in [2.75, 3.05) is 9.80 Å². The number of pyridine rings is 1. The molecule has 0 fully saturated rings. The summed E-state index contributed by atoms with van der Waals surface area (Å²) in [6.07, 6.45) is 0. The zero-order valence-electron chi connectivity index (χ0n) is 73.2. The van der Waals surface area contributed by atoms with E-state index in [1.165, 1.54) is 64.9 Å². The lowest BCUT2D eigenvalue weighted by molar-refractivity contribution is 0.633. The number of para-hydroxylation sites is 5. The molecule has 2 aliphatic heterocycles. The van der Waals surface area contributed by atoms with Crippen molar-refractivity contribution in [1.82, 2.24) is 39.5 Å². The molecular weight excluding hydrogens is 1650 g/mol. The van der Waals surface area contributed by atoms with E-state index >= 15 is 0 Å². The molecule has 0 unspecified atom stereocenters. The van der Waals surface area contributed by atoms with Gasteiger partial charge in [-0.1, -0.05) is 402 Å². The van der Waals surface area contributed by atoms with Gasteiger partial charge in [-0.05, 0) is 106 Å². The number of benzene rings is 17. The topological polar surface area (TPSA) is 115 Å². The van der Waals surface area contributed by atoms with Crippen molar-refractivity contribution in [3.05, 3.63) is 472 Å². The van der Waals surface area contributed by atoms with Crippen molar-refractivity contribution in [3.8, 4) is 162 Å². The molecule has 0 amide bonds. The van der Waals surface area contributed by atoms with Gasteiger partial charge >= 0.3 is 0 Å². The summed E-state index contributed by atoms with van der Waals surface area (Å²) in [5.74, 6) is 4.45. The van der Waals surface area contributed by atoms with Crippen molar-refractivity contribution in [2.24, 2.45) is 0 Å². The molecular formula is C122H82N10OS. The van der Waals surface area contributed by atoms with Gasteiger partial charge in [-0.15, -0.1) is 11.3 Å². The van der Waals surface area contributed by atoms with E-state index in [0.717, 1.165) is 140 Å². The van der Waals surface area contributed by atoms with Crippen LogP contribution in [0.4, 0.5) is 34.6 Å². The maximum atomic E-state index is 6.69. The molecule has 23 aromatic rings. The molecule has 0 spiro atoms. The van der Waals surface area contributed by atoms with Crippen LogP contribution in [0.25, 0.3) is 194 Å². The smallest absolute Gasteiger partial charge is 0.238 e. The van der Waals surface area contributed by atoms with Gasteiger partial charge in [0.25, 0.3) is 0 Å². The van der Waals surface area contributed by atoms with Gasteiger partial charge in [0.05, 0.1) is 45.3 Å². The minimum Gasteiger partial charge on any atom is -0.455 e. The van der Waals surface area contributed by atoms with Crippen LogP contribution in [-0.2, 0) is 5.41 Å². The summed E-state index contributed by atoms with van der Waals surface area (Å²) >= 11 is 1.84. The van der Waals surface area contributed by atoms with Gasteiger partial charge < -0.3 is 8.98 Å². The van der Waals surface area contributed by atoms with Gasteiger partial charge in [-0.3, -0.25) is 9.80 Å². The van der Waals surface area contributed by atoms with Crippen LogP contribution < -0.4 is 9.80 Å². The minimum absolute atomic E-state index is 0.174. The van der Waals surface area contributed by atoms with Crippen LogP contribution in [0.2, 0.25) is 0 Å². The van der Waals surface area contributed by atoms with E-state index in [1.807, 2.05) is 157 Å². The Balaban J connectivity index is 0.000000111. The molecule has 0 radical (unpaired) electrons. The number of thiophene rings is 1. The molecule has 0 N–H and O–H groups in total. The maximum Gasteiger partial charge on any atom is 0.238 e. The van der Waals surface area contributed by atoms with Crippen molar-refractivity contribution >= 4 is 77.9 Å². The fraction of sp³-hybridized carbons (Fsp3) is 0.0246. The van der Waals surface area contributed by atoms with Crippen LogP contribution in [0, 0.1) is 0 Å². The van der Waals surface area contributed by atoms with E-state index in [-0.39, 0.29) is 5.41 Å². The zero-order valence-corrected chi connectivity index (χ0v) is 74.0. The summed E-state index contributed by atoms with van der Waals surface area (Å²) in [6, 6.07) is 161. The largest absolute Gasteiger partial charge is 0.455 e. The van der Waals surface area contributed by atoms with Gasteiger partial charge in [-0.2, -0.15) is 19.9 Å². The van der Waals surface area contributed by atoms with E-state index in [1.54, 1.807) is 0 Å². The van der Waals surface area contributed by atoms with Gasteiger partial charge in [0, 0.05) is 120 Å². The maximum absolute atomic E-state index is 6.69. The molecule has 0 atom stereocenters. The first-order valence-corrected chi connectivity index (χ1v) is 46.0. The third-order valence-electron chi connectivity index (χ3n) is 25.8. The van der Waals surface area contributed by atoms with Gasteiger partial charge in [-0.25, -0.2) is 15.0 Å². The number of hydrogen-bond acceptors (Lipinski definition) is 11. The lowest BCUT2D eigenvalue weighted by Crippen LogP contribution is -2.20. The average Bonchev–Trinajstić information content (AvgIpc) is 1.55. The van der Waals surface area contributed by atoms with Crippen LogP contribution >= 0.6 is 11.3 Å². The Morgan fingerprint density at radius 1 is 0.261 bits per heavy atom. The Morgan fingerprint density at radius 2 is 0.694 bits per heavy atom. The molecule has 0 saturated carbocycles. The van der Waals surface area contributed by atoms with E-state index in [9.17, 15) is 0 Å². The monoisotopic (exact) mass is 1730 g/mol. The molecule has 632 valence electrons. The summed E-state index contributed by atoms with van der Waals surface area (Å²) in [7, 11) is 0. The highest BCUT2D eigenvalue weighted by Gasteiger charge is 2.38. The molecule has 134 heavy (non-hydrogen) atoms. The molecule has 17 aromatic carbocycles. The Labute approximate surface area is 780 Å². The number of nitrogens with zero attached hydrogens (tertiary/aromatic N) is 10. The minimum atomic E-state index is -0.174. The predicted octanol–water partition coefficient (Wildman–Crippen LogP) is 32.3. The standard InChI is InChI=1S/C46H34N2.C41H26N4O.C35H22N4S/c1-46(2)39-25-12-9-22-36(39)43-38-24-11-14-27-42(38)48(45(43)37-23-10-13-26-40(37)46)34-21-15-20-33(30-34)44-35(31-16-5-3-6-17-31)28-29-41(47-44)32-18-7-4-8-19-32;1-4-14-27(15-5-1)30-24-25-35-33(26-30)37-32-21-11-13-23-36(32)46-38(37)31-20-10-12-22-34(31)45(35)41-43-39(28-16-6-2-7-17-28)42-40(44-41)29-18-8-3-9-19-29;1-3-13-23(14-4-1)33-36-34(24-15-5-2-6-16-24)38-35(37-33)39-28-20-10-7-17-25(28)31-27-19-9-12-22-30(27)40-32(31)26-18-8-11-21-29(26)39/h3-30H,1-2H3;1-26H;1-22H. The molecule has 12 heteroatoms. The fourth-order valence-corrected chi connectivity index (χ4v) is 20.8. The summed E-state index contributed by atoms with van der Waals surface area (Å²) in [4.78, 5) is 41.4. The van der Waals surface area contributed by atoms with E-state index < -0.39 is 0 Å². The highest BCUT2D eigenvalue weighted by molar-refractivity contribution is 7.23. The first-order valence-electron chi connectivity index (χ1n) is 45.2. The lowest BCUT2D eigenvalue weighted by atomic mass is 9.75. The first-order chi connectivity index (χ1) is 66.3. The summed E-state index contributed by atoms with van der Waals surface area (Å²) in [6.45, 7) is 4.72. The molecule has 8 heterocycles.